The van der Waals surface area contributed by atoms with Gasteiger partial charge in [-0.1, -0.05) is 62.9 Å². The van der Waals surface area contributed by atoms with Crippen molar-refractivity contribution in [3.63, 3.8) is 0 Å². The van der Waals surface area contributed by atoms with Crippen LogP contribution in [0, 0.1) is 0 Å². The van der Waals surface area contributed by atoms with Gasteiger partial charge in [-0.05, 0) is 49.1 Å². The molecule has 6 nitrogen and oxygen atoms in total. The SMILES string of the molecule is CCn1c(SCC(=O)Nc2ccccc2)nnc1C(C)Oc1ccc(C(C)(C)C)cc1. The number of thioether (sulfide) groups is 1. The van der Waals surface area contributed by atoms with Gasteiger partial charge in [0.15, 0.2) is 17.1 Å². The van der Waals surface area contributed by atoms with Gasteiger partial charge in [-0.25, -0.2) is 0 Å². The number of aromatic nitrogens is 3. The van der Waals surface area contributed by atoms with Crippen LogP contribution in [0.2, 0.25) is 0 Å². The maximum Gasteiger partial charge on any atom is 0.234 e. The number of para-hydroxylation sites is 1. The molecule has 2 aromatic carbocycles. The average molecular weight is 439 g/mol. The van der Waals surface area contributed by atoms with Crippen molar-refractivity contribution in [3.05, 3.63) is 66.0 Å². The zero-order chi connectivity index (χ0) is 22.4. The molecule has 0 saturated heterocycles. The lowest BCUT2D eigenvalue weighted by Gasteiger charge is -2.20. The van der Waals surface area contributed by atoms with E-state index >= 15 is 0 Å². The van der Waals surface area contributed by atoms with Crippen molar-refractivity contribution >= 4 is 23.4 Å². The molecule has 0 bridgehead atoms. The van der Waals surface area contributed by atoms with Gasteiger partial charge >= 0.3 is 0 Å². The van der Waals surface area contributed by atoms with Crippen LogP contribution in [-0.4, -0.2) is 26.4 Å². The zero-order valence-corrected chi connectivity index (χ0v) is 19.6. The third-order valence-electron chi connectivity index (χ3n) is 4.85. The first-order valence-corrected chi connectivity index (χ1v) is 11.4. The number of carbonyl (C=O) groups is 1. The molecule has 1 N–H and O–H groups in total. The smallest absolute Gasteiger partial charge is 0.234 e. The molecule has 0 spiro atoms. The summed E-state index contributed by atoms with van der Waals surface area (Å²) in [5.41, 5.74) is 2.15. The number of hydrogen-bond acceptors (Lipinski definition) is 5. The van der Waals surface area contributed by atoms with Crippen LogP contribution in [0.3, 0.4) is 0 Å². The fraction of sp³-hybridized carbons (Fsp3) is 0.375. The molecule has 164 valence electrons. The van der Waals surface area contributed by atoms with Gasteiger partial charge in [0.05, 0.1) is 5.75 Å². The summed E-state index contributed by atoms with van der Waals surface area (Å²) >= 11 is 1.37. The molecule has 1 heterocycles. The number of hydrogen-bond donors (Lipinski definition) is 1. The summed E-state index contributed by atoms with van der Waals surface area (Å²) in [5, 5.41) is 12.2. The fourth-order valence-corrected chi connectivity index (χ4v) is 3.95. The Morgan fingerprint density at radius 3 is 2.39 bits per heavy atom. The molecule has 0 fully saturated rings. The second-order valence-electron chi connectivity index (χ2n) is 8.32. The van der Waals surface area contributed by atoms with Crippen LogP contribution < -0.4 is 10.1 Å². The lowest BCUT2D eigenvalue weighted by atomic mass is 9.87. The first-order chi connectivity index (χ1) is 14.8. The second kappa shape index (κ2) is 10.0. The molecule has 3 aromatic rings. The first-order valence-electron chi connectivity index (χ1n) is 10.5. The molecule has 0 aliphatic rings. The summed E-state index contributed by atoms with van der Waals surface area (Å²) in [4.78, 5) is 12.3. The highest BCUT2D eigenvalue weighted by Gasteiger charge is 2.20. The minimum Gasteiger partial charge on any atom is -0.483 e. The second-order valence-corrected chi connectivity index (χ2v) is 9.26. The van der Waals surface area contributed by atoms with Crippen molar-refractivity contribution in [2.75, 3.05) is 11.1 Å². The van der Waals surface area contributed by atoms with Gasteiger partial charge in [-0.2, -0.15) is 0 Å². The van der Waals surface area contributed by atoms with Gasteiger partial charge in [0.25, 0.3) is 0 Å². The fourth-order valence-electron chi connectivity index (χ4n) is 3.14. The number of nitrogens with one attached hydrogen (secondary N) is 1. The van der Waals surface area contributed by atoms with E-state index in [2.05, 4.69) is 48.4 Å². The molecule has 0 radical (unpaired) electrons. The predicted octanol–water partition coefficient (Wildman–Crippen LogP) is 5.47. The van der Waals surface area contributed by atoms with Crippen molar-refractivity contribution < 1.29 is 9.53 Å². The summed E-state index contributed by atoms with van der Waals surface area (Å²) in [6.07, 6.45) is -0.263. The van der Waals surface area contributed by atoms with Gasteiger partial charge in [0.1, 0.15) is 5.75 Å². The summed E-state index contributed by atoms with van der Waals surface area (Å²) in [5.74, 6) is 1.72. The minimum atomic E-state index is -0.263. The summed E-state index contributed by atoms with van der Waals surface area (Å²) in [6, 6.07) is 17.6. The van der Waals surface area contributed by atoms with Crippen LogP contribution in [0.25, 0.3) is 0 Å². The van der Waals surface area contributed by atoms with Gasteiger partial charge in [-0.15, -0.1) is 10.2 Å². The Balaban J connectivity index is 1.62. The standard InChI is InChI=1S/C24H30N4O2S/c1-6-28-22(17(2)30-20-14-12-18(13-15-20)24(3,4)5)26-27-23(28)31-16-21(29)25-19-10-8-7-9-11-19/h7-15,17H,6,16H2,1-5H3,(H,25,29). The van der Waals surface area contributed by atoms with Crippen molar-refractivity contribution in [1.29, 1.82) is 0 Å². The highest BCUT2D eigenvalue weighted by molar-refractivity contribution is 7.99. The van der Waals surface area contributed by atoms with E-state index in [4.69, 9.17) is 4.74 Å². The predicted molar refractivity (Wildman–Crippen MR) is 126 cm³/mol. The molecule has 3 rings (SSSR count). The van der Waals surface area contributed by atoms with Gasteiger partial charge in [-0.3, -0.25) is 4.79 Å². The maximum atomic E-state index is 12.3. The Labute approximate surface area is 188 Å². The first kappa shape index (κ1) is 22.9. The highest BCUT2D eigenvalue weighted by Crippen LogP contribution is 2.28. The van der Waals surface area contributed by atoms with Gasteiger partial charge in [0.2, 0.25) is 5.91 Å². The molecule has 0 aliphatic heterocycles. The molecule has 1 unspecified atom stereocenters. The van der Waals surface area contributed by atoms with E-state index in [1.54, 1.807) is 0 Å². The average Bonchev–Trinajstić information content (AvgIpc) is 3.16. The third-order valence-corrected chi connectivity index (χ3v) is 5.82. The van der Waals surface area contributed by atoms with Gasteiger partial charge < -0.3 is 14.6 Å². The molecule has 1 amide bonds. The Hall–Kier alpha value is -2.80. The van der Waals surface area contributed by atoms with Crippen molar-refractivity contribution in [2.45, 2.75) is 57.8 Å². The molecule has 0 aliphatic carbocycles. The van der Waals surface area contributed by atoms with Crippen LogP contribution in [0.4, 0.5) is 5.69 Å². The van der Waals surface area contributed by atoms with Gasteiger partial charge in [0, 0.05) is 12.2 Å². The van der Waals surface area contributed by atoms with Crippen LogP contribution in [0.5, 0.6) is 5.75 Å². The normalized spacial score (nSPS) is 12.4. The summed E-state index contributed by atoms with van der Waals surface area (Å²) in [7, 11) is 0. The molecule has 31 heavy (non-hydrogen) atoms. The van der Waals surface area contributed by atoms with E-state index in [0.717, 1.165) is 17.3 Å². The highest BCUT2D eigenvalue weighted by atomic mass is 32.2. The lowest BCUT2D eigenvalue weighted by Crippen LogP contribution is -2.15. The number of anilines is 1. The topological polar surface area (TPSA) is 69.0 Å². The number of nitrogens with zero attached hydrogens (tertiary/aromatic N) is 3. The van der Waals surface area contributed by atoms with Crippen molar-refractivity contribution in [1.82, 2.24) is 14.8 Å². The van der Waals surface area contributed by atoms with E-state index in [-0.39, 0.29) is 23.2 Å². The lowest BCUT2D eigenvalue weighted by molar-refractivity contribution is -0.113. The van der Waals surface area contributed by atoms with Crippen molar-refractivity contribution in [2.24, 2.45) is 0 Å². The number of carbonyl (C=O) groups excluding carboxylic acids is 1. The van der Waals surface area contributed by atoms with Crippen LogP contribution in [0.15, 0.2) is 59.8 Å². The molecule has 1 atom stereocenters. The van der Waals surface area contributed by atoms with Crippen LogP contribution in [0.1, 0.15) is 52.1 Å². The Morgan fingerprint density at radius 1 is 1.10 bits per heavy atom. The molecule has 0 saturated carbocycles. The maximum absolute atomic E-state index is 12.3. The number of amides is 1. The summed E-state index contributed by atoms with van der Waals surface area (Å²) < 4.78 is 8.11. The number of rotatable bonds is 8. The molecule has 7 heteroatoms. The third kappa shape index (κ3) is 6.10. The van der Waals surface area contributed by atoms with E-state index < -0.39 is 0 Å². The Morgan fingerprint density at radius 2 is 1.77 bits per heavy atom. The molecule has 1 aromatic heterocycles. The van der Waals surface area contributed by atoms with E-state index in [1.165, 1.54) is 17.3 Å². The number of ether oxygens (including phenoxy) is 1. The minimum absolute atomic E-state index is 0.0772. The van der Waals surface area contributed by atoms with E-state index in [0.29, 0.717) is 11.7 Å². The quantitative estimate of drug-likeness (QED) is 0.473. The Bertz CT molecular complexity index is 995. The largest absolute Gasteiger partial charge is 0.483 e. The van der Waals surface area contributed by atoms with Crippen molar-refractivity contribution in [3.8, 4) is 5.75 Å². The van der Waals surface area contributed by atoms with Crippen LogP contribution in [-0.2, 0) is 16.8 Å². The number of benzene rings is 2. The Kier molecular flexibility index (Phi) is 7.38. The summed E-state index contributed by atoms with van der Waals surface area (Å²) in [6.45, 7) is 11.3. The zero-order valence-electron chi connectivity index (χ0n) is 18.8. The van der Waals surface area contributed by atoms with Crippen LogP contribution >= 0.6 is 11.8 Å². The van der Waals surface area contributed by atoms with E-state index in [9.17, 15) is 4.79 Å². The molecular formula is C24H30N4O2S. The molecular weight excluding hydrogens is 408 g/mol. The monoisotopic (exact) mass is 438 g/mol. The van der Waals surface area contributed by atoms with E-state index in [1.807, 2.05) is 60.9 Å².